The molecule has 14 rings (SSSR count). The highest BCUT2D eigenvalue weighted by Crippen LogP contribution is 2.44. The lowest BCUT2D eigenvalue weighted by atomic mass is 10.0. The molecule has 7 nitrogen and oxygen atoms in total. The van der Waals surface area contributed by atoms with Crippen molar-refractivity contribution in [2.45, 2.75) is 0 Å². The molecule has 4 heterocycles. The zero-order valence-corrected chi connectivity index (χ0v) is 38.1. The summed E-state index contributed by atoms with van der Waals surface area (Å²) >= 11 is 0. The molecule has 0 amide bonds. The maximum Gasteiger partial charge on any atom is 0.238 e. The van der Waals surface area contributed by atoms with Gasteiger partial charge in [-0.15, -0.1) is 0 Å². The summed E-state index contributed by atoms with van der Waals surface area (Å²) in [4.78, 5) is 20.2. The van der Waals surface area contributed by atoms with E-state index in [9.17, 15) is 0 Å². The first-order chi connectivity index (χ1) is 35.2. The monoisotopic (exact) mass is 905 g/mol. The van der Waals surface area contributed by atoms with Crippen LogP contribution in [-0.4, -0.2) is 28.7 Å². The lowest BCUT2D eigenvalue weighted by molar-refractivity contribution is 0.952. The van der Waals surface area contributed by atoms with Gasteiger partial charge in [0.05, 0.1) is 45.4 Å². The number of benzene rings is 10. The smallest absolute Gasteiger partial charge is 0.238 e. The van der Waals surface area contributed by atoms with Crippen LogP contribution in [0, 0.1) is 6.57 Å². The van der Waals surface area contributed by atoms with E-state index in [0.29, 0.717) is 28.8 Å². The molecule has 0 N–H and O–H groups in total. The molecule has 14 aromatic rings. The molecule has 0 unspecified atom stereocenters. The normalized spacial score (nSPS) is 11.6. The van der Waals surface area contributed by atoms with Crippen LogP contribution in [0.4, 0.5) is 5.69 Å². The topological polar surface area (TPSA) is 57.8 Å². The number of rotatable bonds is 7. The van der Waals surface area contributed by atoms with E-state index in [2.05, 4.69) is 201 Å². The molecule has 330 valence electrons. The van der Waals surface area contributed by atoms with E-state index in [1.54, 1.807) is 0 Å². The standard InChI is InChI=1S/C64H39N7/c1-65-46-32-36-58(70-54-28-16-14-26-48(54)49-33-37-59-60(61(49)70)50-27-15-17-29-55(50)69(59)47-24-12-5-13-25-47)53(40-46)63-66-62(43-22-10-4-11-23-43)67-64(68-63)71-56-34-30-44(41-18-6-2-7-19-41)38-51(56)52-39-45(31-35-57(52)71)42-20-8-3-9-21-42/h2-40H. The van der Waals surface area contributed by atoms with Crippen molar-refractivity contribution in [2.75, 3.05) is 0 Å². The molecule has 0 aliphatic rings. The molecule has 4 aromatic heterocycles. The van der Waals surface area contributed by atoms with Gasteiger partial charge in [0.15, 0.2) is 17.3 Å². The highest BCUT2D eigenvalue weighted by molar-refractivity contribution is 6.26. The van der Waals surface area contributed by atoms with Crippen molar-refractivity contribution in [3.63, 3.8) is 0 Å². The van der Waals surface area contributed by atoms with E-state index in [0.717, 1.165) is 105 Å². The molecular weight excluding hydrogens is 867 g/mol. The van der Waals surface area contributed by atoms with Crippen LogP contribution in [0.2, 0.25) is 0 Å². The molecular formula is C64H39N7. The van der Waals surface area contributed by atoms with Gasteiger partial charge < -0.3 is 9.13 Å². The molecule has 7 heteroatoms. The quantitative estimate of drug-likeness (QED) is 0.150. The van der Waals surface area contributed by atoms with Crippen LogP contribution in [0.3, 0.4) is 0 Å². The predicted octanol–water partition coefficient (Wildman–Crippen LogP) is 16.4. The van der Waals surface area contributed by atoms with E-state index in [1.807, 2.05) is 54.6 Å². The summed E-state index contributed by atoms with van der Waals surface area (Å²) in [6, 6.07) is 82.7. The second-order valence-corrected chi connectivity index (χ2v) is 17.9. The Morgan fingerprint density at radius 2 is 0.859 bits per heavy atom. The third kappa shape index (κ3) is 6.40. The molecule has 10 aromatic carbocycles. The SMILES string of the molecule is [C-]#[N+]c1ccc(-n2c3ccccc3c3ccc4c(c5ccccc5n4-c4ccccc4)c32)c(-c2nc(-c3ccccc3)nc(-n3c4ccc(-c5ccccc5)cc4c4cc(-c5ccccc5)ccc43)n2)c1. The van der Waals surface area contributed by atoms with Gasteiger partial charge in [-0.3, -0.25) is 4.57 Å². The van der Waals surface area contributed by atoms with Crippen LogP contribution in [0.5, 0.6) is 0 Å². The summed E-state index contributed by atoms with van der Waals surface area (Å²) < 4.78 is 6.89. The highest BCUT2D eigenvalue weighted by atomic mass is 15.2. The molecule has 0 atom stereocenters. The van der Waals surface area contributed by atoms with Crippen LogP contribution in [0.1, 0.15) is 0 Å². The Morgan fingerprint density at radius 3 is 1.49 bits per heavy atom. The fourth-order valence-electron chi connectivity index (χ4n) is 10.7. The van der Waals surface area contributed by atoms with Gasteiger partial charge in [-0.2, -0.15) is 9.97 Å². The molecule has 71 heavy (non-hydrogen) atoms. The molecule has 0 aliphatic carbocycles. The van der Waals surface area contributed by atoms with Crippen molar-refractivity contribution < 1.29 is 0 Å². The highest BCUT2D eigenvalue weighted by Gasteiger charge is 2.25. The maximum absolute atomic E-state index is 8.32. The first kappa shape index (κ1) is 40.2. The number of para-hydroxylation sites is 3. The van der Waals surface area contributed by atoms with Crippen molar-refractivity contribution in [3.05, 3.63) is 248 Å². The Bertz CT molecular complexity index is 4350. The number of hydrogen-bond acceptors (Lipinski definition) is 3. The average molecular weight is 906 g/mol. The third-order valence-electron chi connectivity index (χ3n) is 13.9. The molecule has 0 saturated carbocycles. The number of nitrogens with zero attached hydrogens (tertiary/aromatic N) is 7. The molecule has 0 bridgehead atoms. The Balaban J connectivity index is 1.07. The summed E-state index contributed by atoms with van der Waals surface area (Å²) in [7, 11) is 0. The van der Waals surface area contributed by atoms with E-state index in [1.165, 1.54) is 0 Å². The molecule has 0 fully saturated rings. The van der Waals surface area contributed by atoms with E-state index in [4.69, 9.17) is 21.5 Å². The second kappa shape index (κ2) is 16.1. The fourth-order valence-corrected chi connectivity index (χ4v) is 10.7. The fraction of sp³-hybridized carbons (Fsp3) is 0. The Kier molecular flexibility index (Phi) is 9.13. The van der Waals surface area contributed by atoms with Gasteiger partial charge in [0.1, 0.15) is 0 Å². The molecule has 0 aliphatic heterocycles. The average Bonchev–Trinajstić information content (AvgIpc) is 4.09. The van der Waals surface area contributed by atoms with Crippen LogP contribution in [0.15, 0.2) is 237 Å². The summed E-state index contributed by atoms with van der Waals surface area (Å²) in [6.45, 7) is 8.32. The molecule has 0 saturated heterocycles. The van der Waals surface area contributed by atoms with Crippen LogP contribution >= 0.6 is 0 Å². The number of fused-ring (bicyclic) bond motifs is 10. The van der Waals surface area contributed by atoms with Gasteiger partial charge >= 0.3 is 0 Å². The van der Waals surface area contributed by atoms with Gasteiger partial charge in [0.25, 0.3) is 0 Å². The lowest BCUT2D eigenvalue weighted by Crippen LogP contribution is -2.08. The van der Waals surface area contributed by atoms with Gasteiger partial charge in [-0.25, -0.2) is 9.83 Å². The minimum atomic E-state index is 0.455. The largest absolute Gasteiger partial charge is 0.309 e. The van der Waals surface area contributed by atoms with Gasteiger partial charge in [0, 0.05) is 49.1 Å². The minimum absolute atomic E-state index is 0.455. The van der Waals surface area contributed by atoms with E-state index >= 15 is 0 Å². The zero-order valence-electron chi connectivity index (χ0n) is 38.1. The summed E-state index contributed by atoms with van der Waals surface area (Å²) in [5.41, 5.74) is 14.8. The van der Waals surface area contributed by atoms with Crippen molar-refractivity contribution in [3.8, 4) is 62.4 Å². The van der Waals surface area contributed by atoms with Gasteiger partial charge in [0.2, 0.25) is 5.95 Å². The third-order valence-corrected chi connectivity index (χ3v) is 13.9. The molecule has 0 spiro atoms. The number of aromatic nitrogens is 6. The van der Waals surface area contributed by atoms with Crippen LogP contribution in [-0.2, 0) is 0 Å². The maximum atomic E-state index is 8.32. The predicted molar refractivity (Wildman–Crippen MR) is 291 cm³/mol. The van der Waals surface area contributed by atoms with Crippen molar-refractivity contribution in [1.82, 2.24) is 28.7 Å². The Hall–Kier alpha value is -9.90. The first-order valence-electron chi connectivity index (χ1n) is 23.7. The van der Waals surface area contributed by atoms with Crippen molar-refractivity contribution in [1.29, 1.82) is 0 Å². The van der Waals surface area contributed by atoms with E-state index in [-0.39, 0.29) is 0 Å². The zero-order chi connectivity index (χ0) is 47.0. The summed E-state index contributed by atoms with van der Waals surface area (Å²) in [6.07, 6.45) is 0. The van der Waals surface area contributed by atoms with Gasteiger partial charge in [-0.1, -0.05) is 170 Å². The van der Waals surface area contributed by atoms with E-state index < -0.39 is 0 Å². The second-order valence-electron chi connectivity index (χ2n) is 17.9. The summed E-state index contributed by atoms with van der Waals surface area (Å²) in [5, 5.41) is 6.70. The lowest BCUT2D eigenvalue weighted by Gasteiger charge is -2.16. The van der Waals surface area contributed by atoms with Crippen molar-refractivity contribution in [2.24, 2.45) is 0 Å². The van der Waals surface area contributed by atoms with Crippen molar-refractivity contribution >= 4 is 71.1 Å². The minimum Gasteiger partial charge on any atom is -0.309 e. The Labute approximate surface area is 408 Å². The number of hydrogen-bond donors (Lipinski definition) is 0. The molecule has 0 radical (unpaired) electrons. The van der Waals surface area contributed by atoms with Crippen LogP contribution in [0.25, 0.3) is 133 Å². The summed E-state index contributed by atoms with van der Waals surface area (Å²) in [5.74, 6) is 1.46. The first-order valence-corrected chi connectivity index (χ1v) is 23.7. The Morgan fingerprint density at radius 1 is 0.338 bits per heavy atom. The van der Waals surface area contributed by atoms with Gasteiger partial charge in [-0.05, 0) is 89.0 Å². The van der Waals surface area contributed by atoms with Crippen LogP contribution < -0.4 is 0 Å².